The van der Waals surface area contributed by atoms with E-state index in [0.717, 1.165) is 11.0 Å². The van der Waals surface area contributed by atoms with Crippen LogP contribution in [0.2, 0.25) is 0 Å². The molecule has 0 unspecified atom stereocenters. The van der Waals surface area contributed by atoms with Gasteiger partial charge in [0.15, 0.2) is 5.57 Å². The number of phenolic OH excluding ortho intramolecular Hbond substituents is 1. The molecule has 0 aliphatic carbocycles. The average molecular weight is 377 g/mol. The largest absolute Gasteiger partial charge is 0.507 e. The Morgan fingerprint density at radius 1 is 1.24 bits per heavy atom. The Morgan fingerprint density at radius 3 is 2.60 bits per heavy atom. The van der Waals surface area contributed by atoms with Crippen LogP contribution in [0.4, 0.5) is 0 Å². The van der Waals surface area contributed by atoms with Crippen molar-refractivity contribution in [1.82, 2.24) is 0 Å². The number of rotatable bonds is 7. The van der Waals surface area contributed by atoms with E-state index in [2.05, 4.69) is 6.58 Å². The Morgan fingerprint density at radius 2 is 1.96 bits per heavy atom. The van der Waals surface area contributed by atoms with Crippen LogP contribution in [0.15, 0.2) is 50.5 Å². The molecule has 0 saturated carbocycles. The molecule has 8 heteroatoms. The molecule has 1 aromatic carbocycles. The molecule has 25 heavy (non-hydrogen) atoms. The van der Waals surface area contributed by atoms with Crippen molar-refractivity contribution in [2.75, 3.05) is 13.2 Å². The highest BCUT2D eigenvalue weighted by Gasteiger charge is 2.27. The Balaban J connectivity index is 1.86. The van der Waals surface area contributed by atoms with E-state index in [-0.39, 0.29) is 24.5 Å². The van der Waals surface area contributed by atoms with E-state index in [1.807, 2.05) is 12.1 Å². The first-order valence-electron chi connectivity index (χ1n) is 7.35. The molecule has 0 radical (unpaired) electrons. The number of unbranched alkanes of at least 4 members (excludes halogenated alkanes) is 1. The third kappa shape index (κ3) is 5.05. The predicted molar refractivity (Wildman–Crippen MR) is 93.8 cm³/mol. The zero-order valence-electron chi connectivity index (χ0n) is 13.2. The summed E-state index contributed by atoms with van der Waals surface area (Å²) < 4.78 is 10.4. The molecule has 0 saturated heterocycles. The van der Waals surface area contributed by atoms with Gasteiger partial charge in [0.1, 0.15) is 11.8 Å². The first-order chi connectivity index (χ1) is 12.1. The maximum atomic E-state index is 12.1. The van der Waals surface area contributed by atoms with Crippen LogP contribution in [0.25, 0.3) is 0 Å². The molecule has 0 atom stereocenters. The molecule has 1 aliphatic rings. The fraction of sp³-hybridized carbons (Fsp3) is 0.235. The number of esters is 2. The van der Waals surface area contributed by atoms with Crippen molar-refractivity contribution in [3.8, 4) is 11.8 Å². The number of ether oxygens (including phenoxy) is 2. The van der Waals surface area contributed by atoms with Gasteiger partial charge in [0.05, 0.1) is 22.3 Å². The minimum Gasteiger partial charge on any atom is -0.507 e. The van der Waals surface area contributed by atoms with E-state index in [1.54, 1.807) is 12.1 Å². The van der Waals surface area contributed by atoms with Gasteiger partial charge in [-0.2, -0.15) is 5.26 Å². The number of hydrogen-bond acceptors (Lipinski definition) is 8. The lowest BCUT2D eigenvalue weighted by atomic mass is 10.3. The number of nitriles is 1. The molecular weight excluding hydrogens is 362 g/mol. The van der Waals surface area contributed by atoms with Gasteiger partial charge < -0.3 is 14.6 Å². The number of nitrogens with zero attached hydrogens (tertiary/aromatic N) is 1. The molecule has 0 bridgehead atoms. The second-order valence-corrected chi connectivity index (χ2v) is 7.13. The van der Waals surface area contributed by atoms with Crippen LogP contribution in [0.3, 0.4) is 0 Å². The smallest absolute Gasteiger partial charge is 0.350 e. The number of thioether (sulfide) groups is 2. The van der Waals surface area contributed by atoms with E-state index in [4.69, 9.17) is 9.47 Å². The molecular formula is C17H15NO5S2. The quantitative estimate of drug-likeness (QED) is 0.334. The van der Waals surface area contributed by atoms with Crippen molar-refractivity contribution in [3.05, 3.63) is 40.7 Å². The molecule has 1 aliphatic heterocycles. The summed E-state index contributed by atoms with van der Waals surface area (Å²) in [6.45, 7) is 3.63. The summed E-state index contributed by atoms with van der Waals surface area (Å²) in [5.41, 5.74) is -0.0799. The number of benzene rings is 1. The van der Waals surface area contributed by atoms with Crippen molar-refractivity contribution < 1.29 is 24.2 Å². The van der Waals surface area contributed by atoms with Crippen LogP contribution in [0, 0.1) is 11.3 Å². The van der Waals surface area contributed by atoms with Gasteiger partial charge in [0.2, 0.25) is 0 Å². The second kappa shape index (κ2) is 9.20. The van der Waals surface area contributed by atoms with Crippen molar-refractivity contribution >= 4 is 35.5 Å². The normalized spacial score (nSPS) is 14.2. The number of aromatic hydroxyl groups is 1. The molecule has 0 fully saturated rings. The van der Waals surface area contributed by atoms with Crippen molar-refractivity contribution in [2.45, 2.75) is 22.6 Å². The lowest BCUT2D eigenvalue weighted by molar-refractivity contribution is -0.140. The van der Waals surface area contributed by atoms with E-state index >= 15 is 0 Å². The summed E-state index contributed by atoms with van der Waals surface area (Å²) in [5, 5.41) is 19.1. The van der Waals surface area contributed by atoms with Crippen LogP contribution < -0.4 is 0 Å². The van der Waals surface area contributed by atoms with Crippen LogP contribution in [-0.2, 0) is 19.1 Å². The van der Waals surface area contributed by atoms with Gasteiger partial charge in [-0.15, -0.1) is 0 Å². The second-order valence-electron chi connectivity index (χ2n) is 4.80. The van der Waals surface area contributed by atoms with Gasteiger partial charge in [-0.1, -0.05) is 36.2 Å². The summed E-state index contributed by atoms with van der Waals surface area (Å²) in [5.74, 6) is -1.08. The standard InChI is InChI=1S/C17H15NO5S2/c1-2-14(20)22-8-3-4-9-23-16(21)11(10-18)17-24-13-7-5-6-12(19)15(13)25-17/h2,5-7,19H,1,3-4,8-9H2/b17-11+. The fourth-order valence-electron chi connectivity index (χ4n) is 1.85. The van der Waals surface area contributed by atoms with Crippen molar-refractivity contribution in [2.24, 2.45) is 0 Å². The zero-order chi connectivity index (χ0) is 18.2. The lowest BCUT2D eigenvalue weighted by Crippen LogP contribution is -2.10. The van der Waals surface area contributed by atoms with Gasteiger partial charge in [-0.3, -0.25) is 0 Å². The van der Waals surface area contributed by atoms with Crippen LogP contribution in [0.5, 0.6) is 5.75 Å². The molecule has 1 N–H and O–H groups in total. The summed E-state index contributed by atoms with van der Waals surface area (Å²) in [6.07, 6.45) is 2.12. The van der Waals surface area contributed by atoms with E-state index in [1.165, 1.54) is 23.5 Å². The Labute approximate surface area is 153 Å². The number of carbonyl (C=O) groups is 2. The van der Waals surface area contributed by atoms with E-state index < -0.39 is 11.9 Å². The number of fused-ring (bicyclic) bond motifs is 1. The third-order valence-corrected chi connectivity index (χ3v) is 5.66. The van der Waals surface area contributed by atoms with Gasteiger partial charge in [0, 0.05) is 11.0 Å². The SMILES string of the molecule is C=CC(=O)OCCCCOC(=O)/C(C#N)=C1\Sc2cccc(O)c2S1. The Bertz CT molecular complexity index is 767. The molecule has 130 valence electrons. The number of carbonyl (C=O) groups excluding carboxylic acids is 2. The zero-order valence-corrected chi connectivity index (χ0v) is 14.8. The van der Waals surface area contributed by atoms with Crippen molar-refractivity contribution in [1.29, 1.82) is 5.26 Å². The Kier molecular flexibility index (Phi) is 6.98. The van der Waals surface area contributed by atoms with Gasteiger partial charge >= 0.3 is 11.9 Å². The lowest BCUT2D eigenvalue weighted by Gasteiger charge is -2.05. The van der Waals surface area contributed by atoms with Crippen molar-refractivity contribution in [3.63, 3.8) is 0 Å². The van der Waals surface area contributed by atoms with Gasteiger partial charge in [-0.05, 0) is 25.0 Å². The monoisotopic (exact) mass is 377 g/mol. The first-order valence-corrected chi connectivity index (χ1v) is 8.98. The number of phenols is 1. The maximum Gasteiger partial charge on any atom is 0.350 e. The van der Waals surface area contributed by atoms with Gasteiger partial charge in [0.25, 0.3) is 0 Å². The summed E-state index contributed by atoms with van der Waals surface area (Å²) in [7, 11) is 0. The minimum absolute atomic E-state index is 0.0799. The van der Waals surface area contributed by atoms with Crippen LogP contribution in [-0.4, -0.2) is 30.3 Å². The summed E-state index contributed by atoms with van der Waals surface area (Å²) in [6, 6.07) is 6.94. The third-order valence-electron chi connectivity index (χ3n) is 3.06. The molecule has 0 aromatic heterocycles. The molecule has 0 spiro atoms. The predicted octanol–water partition coefficient (Wildman–Crippen LogP) is 3.38. The topological polar surface area (TPSA) is 96.6 Å². The van der Waals surface area contributed by atoms with Crippen LogP contribution >= 0.6 is 23.5 Å². The molecule has 0 amide bonds. The molecule has 1 aromatic rings. The maximum absolute atomic E-state index is 12.1. The number of hydrogen-bond donors (Lipinski definition) is 1. The molecule has 2 rings (SSSR count). The summed E-state index contributed by atoms with van der Waals surface area (Å²) in [4.78, 5) is 24.4. The van der Waals surface area contributed by atoms with Crippen LogP contribution in [0.1, 0.15) is 12.8 Å². The first kappa shape index (κ1) is 19.0. The van der Waals surface area contributed by atoms with E-state index in [0.29, 0.717) is 22.0 Å². The van der Waals surface area contributed by atoms with E-state index in [9.17, 15) is 20.0 Å². The Hall–Kier alpha value is -2.37. The highest BCUT2D eigenvalue weighted by molar-refractivity contribution is 8.24. The highest BCUT2D eigenvalue weighted by Crippen LogP contribution is 2.55. The van der Waals surface area contributed by atoms with Gasteiger partial charge in [-0.25, -0.2) is 9.59 Å². The highest BCUT2D eigenvalue weighted by atomic mass is 32.2. The minimum atomic E-state index is -0.701. The molecule has 6 nitrogen and oxygen atoms in total. The average Bonchev–Trinajstić information content (AvgIpc) is 3.03. The fourth-order valence-corrected chi connectivity index (χ4v) is 4.32. The molecule has 1 heterocycles. The summed E-state index contributed by atoms with van der Waals surface area (Å²) >= 11 is 2.44.